The van der Waals surface area contributed by atoms with Crippen molar-refractivity contribution < 1.29 is 14.3 Å². The van der Waals surface area contributed by atoms with E-state index in [1.165, 1.54) is 5.56 Å². The summed E-state index contributed by atoms with van der Waals surface area (Å²) in [5.74, 6) is -0.273. The Hall–Kier alpha value is -1.84. The van der Waals surface area contributed by atoms with Gasteiger partial charge < -0.3 is 10.1 Å². The van der Waals surface area contributed by atoms with Crippen LogP contribution in [0.4, 0.5) is 0 Å². The van der Waals surface area contributed by atoms with Crippen LogP contribution in [0.3, 0.4) is 0 Å². The van der Waals surface area contributed by atoms with E-state index in [1.807, 2.05) is 18.2 Å². The summed E-state index contributed by atoms with van der Waals surface area (Å²) in [6, 6.07) is 9.53. The fourth-order valence-corrected chi connectivity index (χ4v) is 2.68. The highest BCUT2D eigenvalue weighted by Gasteiger charge is 2.33. The molecule has 0 saturated carbocycles. The second-order valence-corrected chi connectivity index (χ2v) is 5.14. The van der Waals surface area contributed by atoms with Crippen LogP contribution in [-0.2, 0) is 20.7 Å². The molecule has 2 rings (SSSR count). The number of benzene rings is 1. The van der Waals surface area contributed by atoms with Crippen molar-refractivity contribution in [2.45, 2.75) is 38.6 Å². The molecule has 1 saturated heterocycles. The molecule has 0 spiro atoms. The first-order chi connectivity index (χ1) is 9.70. The van der Waals surface area contributed by atoms with E-state index in [4.69, 9.17) is 4.74 Å². The van der Waals surface area contributed by atoms with Crippen LogP contribution in [0.25, 0.3) is 0 Å². The molecule has 20 heavy (non-hydrogen) atoms. The topological polar surface area (TPSA) is 55.4 Å². The third kappa shape index (κ3) is 3.83. The van der Waals surface area contributed by atoms with E-state index >= 15 is 0 Å². The summed E-state index contributed by atoms with van der Waals surface area (Å²) in [7, 11) is 0. The molecule has 1 aliphatic rings. The van der Waals surface area contributed by atoms with Crippen LogP contribution in [0.2, 0.25) is 0 Å². The van der Waals surface area contributed by atoms with E-state index in [-0.39, 0.29) is 17.8 Å². The van der Waals surface area contributed by atoms with Crippen molar-refractivity contribution in [1.82, 2.24) is 5.32 Å². The Morgan fingerprint density at radius 3 is 2.80 bits per heavy atom. The van der Waals surface area contributed by atoms with Crippen LogP contribution in [0, 0.1) is 5.92 Å². The lowest BCUT2D eigenvalue weighted by Crippen LogP contribution is -2.45. The molecule has 2 unspecified atom stereocenters. The van der Waals surface area contributed by atoms with Crippen LogP contribution >= 0.6 is 0 Å². The molecule has 0 bridgehead atoms. The second-order valence-electron chi connectivity index (χ2n) is 5.14. The van der Waals surface area contributed by atoms with Gasteiger partial charge in [-0.25, -0.2) is 4.79 Å². The predicted molar refractivity (Wildman–Crippen MR) is 76.1 cm³/mol. The zero-order valence-corrected chi connectivity index (χ0v) is 11.8. The van der Waals surface area contributed by atoms with Crippen molar-refractivity contribution in [3.05, 3.63) is 35.9 Å². The molecule has 1 N–H and O–H groups in total. The molecule has 4 heteroatoms. The van der Waals surface area contributed by atoms with Gasteiger partial charge in [0.05, 0.1) is 6.61 Å². The van der Waals surface area contributed by atoms with Gasteiger partial charge in [0.15, 0.2) is 0 Å². The quantitative estimate of drug-likeness (QED) is 0.856. The van der Waals surface area contributed by atoms with Gasteiger partial charge >= 0.3 is 5.97 Å². The number of esters is 1. The third-order valence-electron chi connectivity index (χ3n) is 3.65. The summed E-state index contributed by atoms with van der Waals surface area (Å²) in [4.78, 5) is 23.7. The number of hydrogen-bond acceptors (Lipinski definition) is 3. The molecular formula is C16H21NO3. The van der Waals surface area contributed by atoms with Crippen LogP contribution in [0.1, 0.15) is 31.7 Å². The SMILES string of the molecule is CCOC(=O)C1NC(=O)CCCC1Cc1ccccc1. The average Bonchev–Trinajstić information content (AvgIpc) is 2.62. The van der Waals surface area contributed by atoms with Crippen molar-refractivity contribution >= 4 is 11.9 Å². The molecule has 108 valence electrons. The standard InChI is InChI=1S/C16H21NO3/c1-2-20-16(19)15-13(9-6-10-14(18)17-15)11-12-7-4-3-5-8-12/h3-5,7-8,13,15H,2,6,9-11H2,1H3,(H,17,18). The Labute approximate surface area is 119 Å². The first kappa shape index (κ1) is 14.6. The first-order valence-corrected chi connectivity index (χ1v) is 7.20. The maximum atomic E-state index is 12.1. The molecule has 4 nitrogen and oxygen atoms in total. The second kappa shape index (κ2) is 7.08. The highest BCUT2D eigenvalue weighted by Crippen LogP contribution is 2.23. The minimum absolute atomic E-state index is 0.0568. The number of rotatable bonds is 4. The van der Waals surface area contributed by atoms with E-state index in [1.54, 1.807) is 6.92 Å². The fraction of sp³-hybridized carbons (Fsp3) is 0.500. The highest BCUT2D eigenvalue weighted by molar-refractivity contribution is 5.85. The van der Waals surface area contributed by atoms with E-state index < -0.39 is 6.04 Å². The van der Waals surface area contributed by atoms with Gasteiger partial charge in [-0.1, -0.05) is 30.3 Å². The molecule has 1 heterocycles. The Morgan fingerprint density at radius 1 is 1.35 bits per heavy atom. The lowest BCUT2D eigenvalue weighted by Gasteiger charge is -2.24. The van der Waals surface area contributed by atoms with Crippen LogP contribution in [0.5, 0.6) is 0 Å². The van der Waals surface area contributed by atoms with Gasteiger partial charge in [0.1, 0.15) is 6.04 Å². The van der Waals surface area contributed by atoms with Gasteiger partial charge in [0, 0.05) is 6.42 Å². The molecule has 1 aromatic carbocycles. The normalized spacial score (nSPS) is 22.8. The molecule has 1 amide bonds. The molecular weight excluding hydrogens is 254 g/mol. The van der Waals surface area contributed by atoms with Crippen molar-refractivity contribution in [3.8, 4) is 0 Å². The molecule has 1 aliphatic heterocycles. The summed E-state index contributed by atoms with van der Waals surface area (Å²) in [6.45, 7) is 2.12. The van der Waals surface area contributed by atoms with Gasteiger partial charge in [0.25, 0.3) is 0 Å². The summed E-state index contributed by atoms with van der Waals surface area (Å²) in [5, 5.41) is 2.82. The number of carbonyl (C=O) groups is 2. The Balaban J connectivity index is 2.12. The average molecular weight is 275 g/mol. The molecule has 1 fully saturated rings. The van der Waals surface area contributed by atoms with Crippen LogP contribution in [-0.4, -0.2) is 24.5 Å². The van der Waals surface area contributed by atoms with Crippen molar-refractivity contribution in [2.75, 3.05) is 6.61 Å². The van der Waals surface area contributed by atoms with E-state index in [2.05, 4.69) is 17.4 Å². The zero-order chi connectivity index (χ0) is 14.4. The van der Waals surface area contributed by atoms with E-state index in [9.17, 15) is 9.59 Å². The van der Waals surface area contributed by atoms with Crippen molar-refractivity contribution in [2.24, 2.45) is 5.92 Å². The highest BCUT2D eigenvalue weighted by atomic mass is 16.5. The summed E-state index contributed by atoms with van der Waals surface area (Å²) in [5.41, 5.74) is 1.18. The van der Waals surface area contributed by atoms with Gasteiger partial charge in [0.2, 0.25) is 5.91 Å². The van der Waals surface area contributed by atoms with Crippen LogP contribution < -0.4 is 5.32 Å². The molecule has 2 atom stereocenters. The number of nitrogens with one attached hydrogen (secondary N) is 1. The van der Waals surface area contributed by atoms with Crippen LogP contribution in [0.15, 0.2) is 30.3 Å². The van der Waals surface area contributed by atoms with Crippen molar-refractivity contribution in [1.29, 1.82) is 0 Å². The van der Waals surface area contributed by atoms with Gasteiger partial charge in [-0.3, -0.25) is 4.79 Å². The minimum Gasteiger partial charge on any atom is -0.464 e. The molecule has 0 radical (unpaired) electrons. The molecule has 0 aliphatic carbocycles. The number of ether oxygens (including phenoxy) is 1. The minimum atomic E-state index is -0.523. The van der Waals surface area contributed by atoms with Crippen molar-refractivity contribution in [3.63, 3.8) is 0 Å². The van der Waals surface area contributed by atoms with E-state index in [0.29, 0.717) is 13.0 Å². The predicted octanol–water partition coefficient (Wildman–Crippen LogP) is 2.08. The maximum Gasteiger partial charge on any atom is 0.328 e. The first-order valence-electron chi connectivity index (χ1n) is 7.20. The molecule has 1 aromatic rings. The number of amides is 1. The smallest absolute Gasteiger partial charge is 0.328 e. The largest absolute Gasteiger partial charge is 0.464 e. The fourth-order valence-electron chi connectivity index (χ4n) is 2.68. The lowest BCUT2D eigenvalue weighted by molar-refractivity contribution is -0.148. The summed E-state index contributed by atoms with van der Waals surface area (Å²) < 4.78 is 5.10. The molecule has 0 aromatic heterocycles. The lowest BCUT2D eigenvalue weighted by atomic mass is 9.89. The Kier molecular flexibility index (Phi) is 5.16. The third-order valence-corrected chi connectivity index (χ3v) is 3.65. The maximum absolute atomic E-state index is 12.1. The van der Waals surface area contributed by atoms with E-state index in [0.717, 1.165) is 19.3 Å². The van der Waals surface area contributed by atoms with Gasteiger partial charge in [-0.2, -0.15) is 0 Å². The summed E-state index contributed by atoms with van der Waals surface area (Å²) in [6.07, 6.45) is 2.95. The number of hydrogen-bond donors (Lipinski definition) is 1. The number of carbonyl (C=O) groups excluding carboxylic acids is 2. The monoisotopic (exact) mass is 275 g/mol. The Morgan fingerprint density at radius 2 is 2.10 bits per heavy atom. The Bertz CT molecular complexity index is 458. The summed E-state index contributed by atoms with van der Waals surface area (Å²) >= 11 is 0. The zero-order valence-electron chi connectivity index (χ0n) is 11.8. The van der Waals surface area contributed by atoms with Gasteiger partial charge in [-0.15, -0.1) is 0 Å². The van der Waals surface area contributed by atoms with Gasteiger partial charge in [-0.05, 0) is 37.7 Å².